The lowest BCUT2D eigenvalue weighted by Crippen LogP contribution is -2.40. The van der Waals surface area contributed by atoms with E-state index in [1.54, 1.807) is 0 Å². The Morgan fingerprint density at radius 2 is 0.891 bits per heavy atom. The van der Waals surface area contributed by atoms with Crippen molar-refractivity contribution < 1.29 is 9.53 Å². The van der Waals surface area contributed by atoms with Crippen molar-refractivity contribution in [1.29, 1.82) is 0 Å². The highest BCUT2D eigenvalue weighted by atomic mass is 16.6. The van der Waals surface area contributed by atoms with Crippen LogP contribution in [0.1, 0.15) is 239 Å². The summed E-state index contributed by atoms with van der Waals surface area (Å²) in [5.41, 5.74) is 0. The Balaban J connectivity index is 1.97. The fraction of sp³-hybridized carbons (Fsp3) is 0.952. The van der Waals surface area contributed by atoms with Crippen LogP contribution in [0, 0.1) is 0 Å². The molecule has 0 aromatic rings. The van der Waals surface area contributed by atoms with Gasteiger partial charge in [-0.05, 0) is 12.8 Å². The average molecular weight is 647 g/mol. The molecule has 0 aromatic heterocycles. The first-order valence-corrected chi connectivity index (χ1v) is 21.2. The molecule has 0 N–H and O–H groups in total. The van der Waals surface area contributed by atoms with Gasteiger partial charge in [0.25, 0.3) is 0 Å². The Bertz CT molecular complexity index is 679. The highest BCUT2D eigenvalue weighted by molar-refractivity contribution is 5.84. The maximum atomic E-state index is 12.6. The average Bonchev–Trinajstić information content (AvgIpc) is 3.53. The molecular weight excluding hydrogens is 564 g/mol. The highest BCUT2D eigenvalue weighted by Gasteiger charge is 2.26. The second kappa shape index (κ2) is 33.8. The third-order valence-corrected chi connectivity index (χ3v) is 10.2. The zero-order valence-corrected chi connectivity index (χ0v) is 31.7. The molecule has 1 atom stereocenters. The fourth-order valence-electron chi connectivity index (χ4n) is 7.09. The molecule has 1 aliphatic rings. The van der Waals surface area contributed by atoms with Crippen molar-refractivity contribution in [2.45, 2.75) is 245 Å². The number of unbranched alkanes of at least 4 members (excludes halogenated alkanes) is 29. The maximum absolute atomic E-state index is 12.6. The van der Waals surface area contributed by atoms with Crippen LogP contribution in [0.4, 0.5) is 0 Å². The maximum Gasteiger partial charge on any atom is 0.307 e. The lowest BCUT2D eigenvalue weighted by atomic mass is 10.0. The van der Waals surface area contributed by atoms with Crippen LogP contribution in [0.5, 0.6) is 0 Å². The van der Waals surface area contributed by atoms with Gasteiger partial charge in [-0.2, -0.15) is 0 Å². The smallest absolute Gasteiger partial charge is 0.307 e. The molecule has 0 spiro atoms. The Morgan fingerprint density at radius 1 is 0.543 bits per heavy atom. The number of carbonyl (C=O) groups is 1. The van der Waals surface area contributed by atoms with Gasteiger partial charge < -0.3 is 9.64 Å². The standard InChI is InChI=1S/C42H82N2O2/c1-4-7-9-11-13-15-17-19-21-23-24-26-28-30-32-34-36-40-43-38-39-44(40)41(6-3)46-42(45)37-35-33-31-29-27-25-22-20-18-16-14-12-10-8-5-2/h41H,4-39H2,1-3H3. The molecule has 0 amide bonds. The molecular formula is C42H82N2O2. The molecule has 46 heavy (non-hydrogen) atoms. The van der Waals surface area contributed by atoms with Crippen molar-refractivity contribution in [3.8, 4) is 0 Å². The Morgan fingerprint density at radius 3 is 1.26 bits per heavy atom. The van der Waals surface area contributed by atoms with Crippen LogP contribution >= 0.6 is 0 Å². The second-order valence-corrected chi connectivity index (χ2v) is 14.6. The number of hydrogen-bond acceptors (Lipinski definition) is 4. The van der Waals surface area contributed by atoms with Crippen LogP contribution in [-0.4, -0.2) is 36.0 Å². The molecule has 1 rings (SSSR count). The number of hydrogen-bond donors (Lipinski definition) is 0. The first kappa shape index (κ1) is 43.0. The monoisotopic (exact) mass is 647 g/mol. The number of esters is 1. The third-order valence-electron chi connectivity index (χ3n) is 10.2. The molecule has 4 heteroatoms. The van der Waals surface area contributed by atoms with Crippen molar-refractivity contribution in [1.82, 2.24) is 4.90 Å². The Labute approximate surface area is 289 Å². The van der Waals surface area contributed by atoms with E-state index in [2.05, 4.69) is 25.7 Å². The number of amidine groups is 1. The molecule has 1 unspecified atom stereocenters. The molecule has 0 bridgehead atoms. The van der Waals surface area contributed by atoms with E-state index >= 15 is 0 Å². The van der Waals surface area contributed by atoms with E-state index in [9.17, 15) is 4.79 Å². The fourth-order valence-corrected chi connectivity index (χ4v) is 7.09. The van der Waals surface area contributed by atoms with Crippen molar-refractivity contribution in [3.63, 3.8) is 0 Å². The van der Waals surface area contributed by atoms with Crippen molar-refractivity contribution >= 4 is 11.8 Å². The number of rotatable bonds is 36. The molecule has 1 aliphatic heterocycles. The van der Waals surface area contributed by atoms with Gasteiger partial charge >= 0.3 is 5.97 Å². The van der Waals surface area contributed by atoms with Gasteiger partial charge in [-0.1, -0.05) is 207 Å². The lowest BCUT2D eigenvalue weighted by molar-refractivity contribution is -0.155. The van der Waals surface area contributed by atoms with Gasteiger partial charge in [-0.3, -0.25) is 9.79 Å². The Hall–Kier alpha value is -1.06. The van der Waals surface area contributed by atoms with E-state index < -0.39 is 0 Å². The summed E-state index contributed by atoms with van der Waals surface area (Å²) in [6.45, 7) is 8.47. The highest BCUT2D eigenvalue weighted by Crippen LogP contribution is 2.19. The normalized spacial score (nSPS) is 13.8. The first-order valence-electron chi connectivity index (χ1n) is 21.2. The summed E-state index contributed by atoms with van der Waals surface area (Å²) in [5, 5.41) is 0. The number of nitrogens with zero attached hydrogens (tertiary/aromatic N) is 2. The Kier molecular flexibility index (Phi) is 31.6. The van der Waals surface area contributed by atoms with E-state index in [0.717, 1.165) is 38.8 Å². The van der Waals surface area contributed by atoms with E-state index in [-0.39, 0.29) is 12.2 Å². The van der Waals surface area contributed by atoms with E-state index in [1.165, 1.54) is 192 Å². The summed E-state index contributed by atoms with van der Waals surface area (Å²) >= 11 is 0. The molecule has 4 nitrogen and oxygen atoms in total. The van der Waals surface area contributed by atoms with E-state index in [0.29, 0.717) is 6.42 Å². The largest absolute Gasteiger partial charge is 0.442 e. The summed E-state index contributed by atoms with van der Waals surface area (Å²) < 4.78 is 5.97. The molecule has 272 valence electrons. The van der Waals surface area contributed by atoms with Gasteiger partial charge in [0.2, 0.25) is 0 Å². The summed E-state index contributed by atoms with van der Waals surface area (Å²) in [6, 6.07) is 0. The molecule has 0 aliphatic carbocycles. The van der Waals surface area contributed by atoms with Gasteiger partial charge in [-0.25, -0.2) is 0 Å². The molecule has 0 saturated carbocycles. The van der Waals surface area contributed by atoms with Crippen LogP contribution in [0.15, 0.2) is 4.99 Å². The summed E-state index contributed by atoms with van der Waals surface area (Å²) in [4.78, 5) is 19.7. The zero-order valence-electron chi connectivity index (χ0n) is 31.7. The quantitative estimate of drug-likeness (QED) is 0.0502. The van der Waals surface area contributed by atoms with Crippen LogP contribution in [0.2, 0.25) is 0 Å². The summed E-state index contributed by atoms with van der Waals surface area (Å²) in [5.74, 6) is 1.16. The number of ether oxygens (including phenoxy) is 1. The summed E-state index contributed by atoms with van der Waals surface area (Å²) in [6.07, 6.45) is 44.8. The summed E-state index contributed by atoms with van der Waals surface area (Å²) in [7, 11) is 0. The van der Waals surface area contributed by atoms with Gasteiger partial charge in [-0.15, -0.1) is 0 Å². The van der Waals surface area contributed by atoms with Crippen LogP contribution in [0.25, 0.3) is 0 Å². The molecule has 0 saturated heterocycles. The van der Waals surface area contributed by atoms with Gasteiger partial charge in [0.05, 0.1) is 6.54 Å². The van der Waals surface area contributed by atoms with Crippen LogP contribution in [0.3, 0.4) is 0 Å². The lowest BCUT2D eigenvalue weighted by Gasteiger charge is -2.29. The first-order chi connectivity index (χ1) is 22.7. The predicted octanol–water partition coefficient (Wildman–Crippen LogP) is 13.9. The van der Waals surface area contributed by atoms with Crippen molar-refractivity contribution in [3.05, 3.63) is 0 Å². The zero-order chi connectivity index (χ0) is 33.2. The van der Waals surface area contributed by atoms with Crippen molar-refractivity contribution in [2.24, 2.45) is 4.99 Å². The van der Waals surface area contributed by atoms with Gasteiger partial charge in [0.15, 0.2) is 6.23 Å². The third kappa shape index (κ3) is 26.0. The minimum absolute atomic E-state index is 0.0183. The number of aliphatic imine (C=N–C) groups is 1. The molecule has 0 radical (unpaired) electrons. The number of carbonyl (C=O) groups excluding carboxylic acids is 1. The SMILES string of the molecule is CCCCCCCCCCCCCCCCCCC1=NCCN1C(CC)OC(=O)CCCCCCCCCCCCCCCCC. The molecule has 1 heterocycles. The molecule has 0 aromatic carbocycles. The van der Waals surface area contributed by atoms with Gasteiger partial charge in [0, 0.05) is 25.8 Å². The van der Waals surface area contributed by atoms with Gasteiger partial charge in [0.1, 0.15) is 5.84 Å². The minimum atomic E-state index is -0.133. The second-order valence-electron chi connectivity index (χ2n) is 14.6. The topological polar surface area (TPSA) is 41.9 Å². The predicted molar refractivity (Wildman–Crippen MR) is 203 cm³/mol. The van der Waals surface area contributed by atoms with Crippen LogP contribution in [-0.2, 0) is 9.53 Å². The van der Waals surface area contributed by atoms with Crippen molar-refractivity contribution in [2.75, 3.05) is 13.1 Å². The van der Waals surface area contributed by atoms with E-state index in [1.807, 2.05) is 0 Å². The van der Waals surface area contributed by atoms with E-state index in [4.69, 9.17) is 9.73 Å². The molecule has 0 fully saturated rings. The van der Waals surface area contributed by atoms with Crippen LogP contribution < -0.4 is 0 Å². The minimum Gasteiger partial charge on any atom is -0.442 e.